The van der Waals surface area contributed by atoms with Crippen LogP contribution < -0.4 is 19.3 Å². The van der Waals surface area contributed by atoms with Crippen molar-refractivity contribution in [3.63, 3.8) is 0 Å². The maximum absolute atomic E-state index is 7.43. The van der Waals surface area contributed by atoms with Crippen molar-refractivity contribution in [1.29, 1.82) is 0 Å². The summed E-state index contributed by atoms with van der Waals surface area (Å²) in [6.45, 7) is 0. The molecule has 0 fully saturated rings. The lowest BCUT2D eigenvalue weighted by Gasteiger charge is -2.40. The van der Waals surface area contributed by atoms with Gasteiger partial charge < -0.3 is 19.3 Å². The molecule has 0 saturated carbocycles. The van der Waals surface area contributed by atoms with Crippen molar-refractivity contribution in [2.24, 2.45) is 0 Å². The molecule has 1 unspecified atom stereocenters. The van der Waals surface area contributed by atoms with Crippen molar-refractivity contribution < 1.29 is 9.47 Å². The molecule has 0 amide bonds. The Morgan fingerprint density at radius 1 is 0.167 bits per heavy atom. The molecule has 0 bridgehead atoms. The summed E-state index contributed by atoms with van der Waals surface area (Å²) in [5.74, 6) is 3.39. The third-order valence-electron chi connectivity index (χ3n) is 31.3. The average molecular weight is 1790 g/mol. The van der Waals surface area contributed by atoms with Crippen LogP contribution in [-0.4, -0.2) is 0 Å². The van der Waals surface area contributed by atoms with Gasteiger partial charge in [-0.1, -0.05) is 375 Å². The first-order valence-electron chi connectivity index (χ1n) is 47.7. The first-order chi connectivity index (χ1) is 68.4. The quantitative estimate of drug-likeness (QED) is 0.143. The zero-order valence-corrected chi connectivity index (χ0v) is 76.3. The largest absolute Gasteiger partial charge is 0.457 e. The molecule has 4 aliphatic carbocycles. The van der Waals surface area contributed by atoms with Gasteiger partial charge in [0.25, 0.3) is 0 Å². The Morgan fingerprint density at radius 3 is 1.04 bits per heavy atom. The Kier molecular flexibility index (Phi) is 16.5. The van der Waals surface area contributed by atoms with Crippen LogP contribution in [0.5, 0.6) is 23.0 Å². The second kappa shape index (κ2) is 29.4. The summed E-state index contributed by atoms with van der Waals surface area (Å²) in [7, 11) is 0. The van der Waals surface area contributed by atoms with E-state index >= 15 is 0 Å². The molecule has 22 aromatic carbocycles. The smallest absolute Gasteiger partial charge is 0.132 e. The van der Waals surface area contributed by atoms with Crippen molar-refractivity contribution in [1.82, 2.24) is 0 Å². The maximum Gasteiger partial charge on any atom is 0.132 e. The van der Waals surface area contributed by atoms with Gasteiger partial charge in [0, 0.05) is 75.4 Å². The Labute approximate surface area is 808 Å². The van der Waals surface area contributed by atoms with Gasteiger partial charge in [0.2, 0.25) is 0 Å². The molecule has 4 spiro atoms. The maximum atomic E-state index is 7.43. The molecule has 6 heteroatoms. The summed E-state index contributed by atoms with van der Waals surface area (Å²) in [6, 6.07) is 183. The second-order valence-electron chi connectivity index (χ2n) is 37.7. The number of para-hydroxylation sites is 3. The summed E-state index contributed by atoms with van der Waals surface area (Å²) in [5, 5.41) is 4.70. The van der Waals surface area contributed by atoms with Crippen LogP contribution in [0.1, 0.15) is 89.0 Å². The van der Waals surface area contributed by atoms with Crippen LogP contribution in [-0.2, 0) is 21.7 Å². The fourth-order valence-electron chi connectivity index (χ4n) is 25.8. The molecule has 22 aromatic rings. The molecule has 30 rings (SSSR count). The average Bonchev–Trinajstić information content (AvgIpc) is 1.48. The molecule has 8 aliphatic rings. The van der Waals surface area contributed by atoms with E-state index < -0.39 is 21.7 Å². The summed E-state index contributed by atoms with van der Waals surface area (Å²) in [6.07, 6.45) is 0. The zero-order chi connectivity index (χ0) is 90.3. The second-order valence-corrected chi connectivity index (χ2v) is 39.9. The topological polar surface area (TPSA) is 24.9 Å². The number of benzene rings is 22. The fourth-order valence-corrected chi connectivity index (χ4v) is 28.2. The summed E-state index contributed by atoms with van der Waals surface area (Å²) in [5.41, 5.74) is 40.3. The molecular weight excluding hydrogens is 1710 g/mol. The number of rotatable bonds is 9. The number of hydrogen-bond donors (Lipinski definition) is 0. The van der Waals surface area contributed by atoms with Crippen molar-refractivity contribution in [2.75, 3.05) is 9.80 Å². The van der Waals surface area contributed by atoms with Crippen LogP contribution in [0.15, 0.2) is 505 Å². The minimum Gasteiger partial charge on any atom is -0.457 e. The molecule has 138 heavy (non-hydrogen) atoms. The molecule has 642 valence electrons. The normalized spacial score (nSPS) is 15.2. The molecule has 1 atom stereocenters. The molecule has 0 radical (unpaired) electrons. The lowest BCUT2D eigenvalue weighted by atomic mass is 9.66. The van der Waals surface area contributed by atoms with Gasteiger partial charge in [-0.05, 0) is 283 Å². The van der Waals surface area contributed by atoms with E-state index in [4.69, 9.17) is 9.47 Å². The molecule has 4 aliphatic heterocycles. The van der Waals surface area contributed by atoms with Crippen LogP contribution in [0.25, 0.3) is 99.4 Å². The summed E-state index contributed by atoms with van der Waals surface area (Å²) >= 11 is 3.77. The van der Waals surface area contributed by atoms with Crippen molar-refractivity contribution in [3.05, 3.63) is 574 Å². The number of fused-ring (bicyclic) bond motifs is 38. The Morgan fingerprint density at radius 2 is 0.507 bits per heavy atom. The number of ether oxygens (including phenoxy) is 2. The highest BCUT2D eigenvalue weighted by Crippen LogP contribution is 2.70. The Hall–Kier alpha value is -16.7. The Balaban J connectivity index is 0.557. The monoisotopic (exact) mass is 1790 g/mol. The number of hydrogen-bond acceptors (Lipinski definition) is 6. The first kappa shape index (κ1) is 77.7. The Bertz CT molecular complexity index is 8890. The van der Waals surface area contributed by atoms with E-state index in [2.05, 4.69) is 495 Å². The van der Waals surface area contributed by atoms with Crippen LogP contribution in [0, 0.1) is 0 Å². The molecular formula is C132H80N2O2S2. The van der Waals surface area contributed by atoms with E-state index in [0.717, 1.165) is 107 Å². The van der Waals surface area contributed by atoms with Gasteiger partial charge in [0.1, 0.15) is 23.0 Å². The van der Waals surface area contributed by atoms with Crippen LogP contribution in [0.4, 0.5) is 34.1 Å². The highest BCUT2D eigenvalue weighted by Gasteiger charge is 2.57. The fraction of sp³-hybridized carbons (Fsp3) is 0.0303. The van der Waals surface area contributed by atoms with E-state index in [1.54, 1.807) is 0 Å². The minimum absolute atomic E-state index is 0.501. The predicted octanol–water partition coefficient (Wildman–Crippen LogP) is 34.5. The van der Waals surface area contributed by atoms with E-state index in [1.165, 1.54) is 158 Å². The summed E-state index contributed by atoms with van der Waals surface area (Å²) < 4.78 is 14.3. The van der Waals surface area contributed by atoms with Crippen molar-refractivity contribution in [3.8, 4) is 101 Å². The molecule has 0 N–H and O–H groups in total. The van der Waals surface area contributed by atoms with Gasteiger partial charge in [-0.25, -0.2) is 0 Å². The molecule has 0 saturated heterocycles. The standard InChI is InChI=1S/C132H80N2O2S2/c1-2-30-81(31-3-1)82-62-70-91(71-63-82)134(116-52-27-34-88-78-115-99(80-97(88)116)94-36-5-9-40-101(94)132(115)110-48-17-24-60-125(110)138-126-61-25-18-49-111(126)132)118-54-29-51-113-128(118)96-38-7-11-42-103(96)130(113)106-45-14-21-57-121(106)136-122-79-87(67-73-107(122)130)85-33-26-32-84(74-85)83-64-68-90(69-65-83)133(117-53-28-50-112-127(117)95-37-6-10-41-102(95)129(112)104-43-12-19-55-119(104)135-120-56-20-13-44-105(120)129)92-72-66-86-77-114-98(76-89(86)75-92)93-35-4-8-39-100(93)131(114)108-46-15-22-58-123(108)137-124-59-23-16-47-109(124)131/h1-80H. The molecule has 4 nitrogen and oxygen atoms in total. The van der Waals surface area contributed by atoms with Gasteiger partial charge in [0.15, 0.2) is 0 Å². The van der Waals surface area contributed by atoms with Gasteiger partial charge in [-0.15, -0.1) is 0 Å². The summed E-state index contributed by atoms with van der Waals surface area (Å²) in [4.78, 5) is 10.3. The van der Waals surface area contributed by atoms with Gasteiger partial charge in [-0.3, -0.25) is 0 Å². The van der Waals surface area contributed by atoms with Crippen molar-refractivity contribution in [2.45, 2.75) is 41.2 Å². The third-order valence-corrected chi connectivity index (χ3v) is 33.6. The lowest BCUT2D eigenvalue weighted by Crippen LogP contribution is -2.32. The third kappa shape index (κ3) is 10.5. The van der Waals surface area contributed by atoms with Crippen LogP contribution in [0.2, 0.25) is 0 Å². The first-order valence-corrected chi connectivity index (χ1v) is 49.4. The van der Waals surface area contributed by atoms with Crippen molar-refractivity contribution >= 4 is 79.2 Å². The minimum atomic E-state index is -0.794. The highest BCUT2D eigenvalue weighted by molar-refractivity contribution is 7.99. The van der Waals surface area contributed by atoms with E-state index in [-0.39, 0.29) is 0 Å². The molecule has 4 heterocycles. The SMILES string of the molecule is c1ccc(-c2ccc(N(c3cccc4c3-c3ccccc3C43c4ccccc4Oc4cc(-c5cccc(-c6ccc(N(c7ccc8cc9c(cc8c7)-c7ccccc7C97c8ccccc8Sc8ccccc87)c7cccc8c7-c7ccccc7C87c8ccccc8Oc8ccccc87)cc6)c5)ccc43)c3cccc4cc5c(cc34)-c3ccccc3C53c4ccccc4Sc4ccccc43)cc2)cc1. The van der Waals surface area contributed by atoms with E-state index in [1.807, 2.05) is 23.5 Å². The zero-order valence-electron chi connectivity index (χ0n) is 74.7. The van der Waals surface area contributed by atoms with Crippen LogP contribution in [0.3, 0.4) is 0 Å². The van der Waals surface area contributed by atoms with E-state index in [9.17, 15) is 0 Å². The van der Waals surface area contributed by atoms with Gasteiger partial charge in [0.05, 0.1) is 38.7 Å². The number of anilines is 6. The number of nitrogens with zero attached hydrogens (tertiary/aromatic N) is 2. The van der Waals surface area contributed by atoms with Crippen LogP contribution >= 0.6 is 23.5 Å². The van der Waals surface area contributed by atoms with Gasteiger partial charge in [-0.2, -0.15) is 0 Å². The van der Waals surface area contributed by atoms with Gasteiger partial charge >= 0.3 is 0 Å². The van der Waals surface area contributed by atoms with E-state index in [0.29, 0.717) is 0 Å². The molecule has 0 aromatic heterocycles. The highest BCUT2D eigenvalue weighted by atomic mass is 32.2. The predicted molar refractivity (Wildman–Crippen MR) is 565 cm³/mol. The lowest BCUT2D eigenvalue weighted by molar-refractivity contribution is 0.436.